The highest BCUT2D eigenvalue weighted by molar-refractivity contribution is 6.74. The first kappa shape index (κ1) is 14.7. The number of carbonyl (C=O) groups is 1. The maximum absolute atomic E-state index is 11.0. The molecule has 0 aromatic heterocycles. The van der Waals surface area contributed by atoms with Crippen molar-refractivity contribution in [2.75, 3.05) is 0 Å². The van der Waals surface area contributed by atoms with Gasteiger partial charge >= 0.3 is 5.97 Å². The SMILES string of the molecule is CC(C)(C)[Si](C)(C)O[C@@H]1CCC[C@H](C(=O)O)C1. The third kappa shape index (κ3) is 3.81. The lowest BCUT2D eigenvalue weighted by molar-refractivity contribution is -0.144. The summed E-state index contributed by atoms with van der Waals surface area (Å²) in [4.78, 5) is 11.0. The molecule has 1 saturated carbocycles. The second-order valence-electron chi connectivity index (χ2n) is 6.70. The fraction of sp³-hybridized carbons (Fsp3) is 0.923. The average molecular weight is 258 g/mol. The van der Waals surface area contributed by atoms with Crippen molar-refractivity contribution in [3.63, 3.8) is 0 Å². The summed E-state index contributed by atoms with van der Waals surface area (Å²) in [6, 6.07) is 0. The quantitative estimate of drug-likeness (QED) is 0.786. The van der Waals surface area contributed by atoms with Crippen LogP contribution >= 0.6 is 0 Å². The minimum absolute atomic E-state index is 0.158. The van der Waals surface area contributed by atoms with Gasteiger partial charge in [0.25, 0.3) is 0 Å². The van der Waals surface area contributed by atoms with Gasteiger partial charge < -0.3 is 9.53 Å². The van der Waals surface area contributed by atoms with Gasteiger partial charge in [-0.1, -0.05) is 27.2 Å². The lowest BCUT2D eigenvalue weighted by Gasteiger charge is -2.41. The van der Waals surface area contributed by atoms with Gasteiger partial charge in [0, 0.05) is 6.10 Å². The molecule has 0 aromatic rings. The van der Waals surface area contributed by atoms with E-state index in [0.717, 1.165) is 19.3 Å². The Morgan fingerprint density at radius 2 is 1.88 bits per heavy atom. The maximum atomic E-state index is 11.0. The third-order valence-corrected chi connectivity index (χ3v) is 8.78. The van der Waals surface area contributed by atoms with Gasteiger partial charge in [-0.25, -0.2) is 0 Å². The van der Waals surface area contributed by atoms with Gasteiger partial charge in [-0.3, -0.25) is 4.79 Å². The van der Waals surface area contributed by atoms with Gasteiger partial charge in [0.1, 0.15) is 0 Å². The summed E-state index contributed by atoms with van der Waals surface area (Å²) >= 11 is 0. The molecule has 1 N–H and O–H groups in total. The third-order valence-electron chi connectivity index (χ3n) is 4.24. The van der Waals surface area contributed by atoms with E-state index in [-0.39, 0.29) is 17.1 Å². The normalized spacial score (nSPS) is 26.9. The van der Waals surface area contributed by atoms with E-state index < -0.39 is 14.3 Å². The largest absolute Gasteiger partial charge is 0.481 e. The Bertz CT molecular complexity index is 281. The van der Waals surface area contributed by atoms with Crippen LogP contribution < -0.4 is 0 Å². The Morgan fingerprint density at radius 1 is 1.29 bits per heavy atom. The predicted molar refractivity (Wildman–Crippen MR) is 71.7 cm³/mol. The number of carboxylic acid groups (broad SMARTS) is 1. The summed E-state index contributed by atoms with van der Waals surface area (Å²) in [6.07, 6.45) is 3.67. The van der Waals surface area contributed by atoms with E-state index in [2.05, 4.69) is 33.9 Å². The Balaban J connectivity index is 2.60. The first-order valence-electron chi connectivity index (χ1n) is 6.54. The second-order valence-corrected chi connectivity index (χ2v) is 11.5. The molecule has 1 aliphatic rings. The van der Waals surface area contributed by atoms with Gasteiger partial charge in [0.15, 0.2) is 8.32 Å². The molecule has 1 fully saturated rings. The number of rotatable bonds is 3. The topological polar surface area (TPSA) is 46.5 Å². The van der Waals surface area contributed by atoms with E-state index in [0.29, 0.717) is 6.42 Å². The molecule has 0 unspecified atom stereocenters. The van der Waals surface area contributed by atoms with Crippen LogP contribution in [0.2, 0.25) is 18.1 Å². The van der Waals surface area contributed by atoms with Crippen molar-refractivity contribution in [3.8, 4) is 0 Å². The highest BCUT2D eigenvalue weighted by atomic mass is 28.4. The van der Waals surface area contributed by atoms with E-state index in [1.54, 1.807) is 0 Å². The molecule has 0 aliphatic heterocycles. The van der Waals surface area contributed by atoms with Crippen LogP contribution in [0, 0.1) is 5.92 Å². The van der Waals surface area contributed by atoms with Gasteiger partial charge in [0.05, 0.1) is 5.92 Å². The van der Waals surface area contributed by atoms with Crippen LogP contribution in [0.15, 0.2) is 0 Å². The van der Waals surface area contributed by atoms with Crippen molar-refractivity contribution in [2.45, 2.75) is 70.7 Å². The summed E-state index contributed by atoms with van der Waals surface area (Å²) in [5.41, 5.74) is 0. The molecule has 17 heavy (non-hydrogen) atoms. The number of hydrogen-bond acceptors (Lipinski definition) is 2. The summed E-state index contributed by atoms with van der Waals surface area (Å²) in [5.74, 6) is -0.855. The van der Waals surface area contributed by atoms with Crippen molar-refractivity contribution in [1.82, 2.24) is 0 Å². The zero-order valence-electron chi connectivity index (χ0n) is 11.7. The molecule has 1 rings (SSSR count). The maximum Gasteiger partial charge on any atom is 0.306 e. The van der Waals surface area contributed by atoms with Crippen molar-refractivity contribution < 1.29 is 14.3 Å². The molecule has 0 spiro atoms. The lowest BCUT2D eigenvalue weighted by atomic mass is 9.87. The van der Waals surface area contributed by atoms with E-state index in [1.807, 2.05) is 0 Å². The summed E-state index contributed by atoms with van der Waals surface area (Å²) in [5, 5.41) is 9.27. The van der Waals surface area contributed by atoms with Crippen LogP contribution in [-0.2, 0) is 9.22 Å². The van der Waals surface area contributed by atoms with Crippen molar-refractivity contribution in [3.05, 3.63) is 0 Å². The molecule has 0 bridgehead atoms. The van der Waals surface area contributed by atoms with E-state index in [4.69, 9.17) is 9.53 Å². The summed E-state index contributed by atoms with van der Waals surface area (Å²) in [6.45, 7) is 11.1. The van der Waals surface area contributed by atoms with E-state index in [9.17, 15) is 4.79 Å². The summed E-state index contributed by atoms with van der Waals surface area (Å²) in [7, 11) is -1.75. The molecule has 0 amide bonds. The molecule has 1 aliphatic carbocycles. The van der Waals surface area contributed by atoms with Crippen LogP contribution in [0.25, 0.3) is 0 Å². The molecule has 0 saturated heterocycles. The van der Waals surface area contributed by atoms with Crippen LogP contribution in [0.1, 0.15) is 46.5 Å². The number of aliphatic carboxylic acids is 1. The molecule has 0 aromatic carbocycles. The predicted octanol–water partition coefficient (Wildman–Crippen LogP) is 3.65. The van der Waals surface area contributed by atoms with Crippen LogP contribution in [0.5, 0.6) is 0 Å². The highest BCUT2D eigenvalue weighted by Crippen LogP contribution is 2.39. The zero-order valence-corrected chi connectivity index (χ0v) is 12.7. The van der Waals surface area contributed by atoms with Gasteiger partial charge in [-0.15, -0.1) is 0 Å². The van der Waals surface area contributed by atoms with Crippen LogP contribution in [0.3, 0.4) is 0 Å². The van der Waals surface area contributed by atoms with E-state index in [1.165, 1.54) is 0 Å². The summed E-state index contributed by atoms with van der Waals surface area (Å²) < 4.78 is 6.30. The fourth-order valence-electron chi connectivity index (χ4n) is 2.07. The molecular formula is C13H26O3Si. The van der Waals surface area contributed by atoms with Gasteiger partial charge in [-0.2, -0.15) is 0 Å². The average Bonchev–Trinajstić information content (AvgIpc) is 2.15. The highest BCUT2D eigenvalue weighted by Gasteiger charge is 2.40. The van der Waals surface area contributed by atoms with Gasteiger partial charge in [-0.05, 0) is 37.4 Å². The molecule has 2 atom stereocenters. The first-order valence-corrected chi connectivity index (χ1v) is 9.45. The van der Waals surface area contributed by atoms with Gasteiger partial charge in [0.2, 0.25) is 0 Å². The molecule has 4 heteroatoms. The van der Waals surface area contributed by atoms with Crippen molar-refractivity contribution in [1.29, 1.82) is 0 Å². The Hall–Kier alpha value is -0.353. The molecular weight excluding hydrogens is 232 g/mol. The number of hydrogen-bond donors (Lipinski definition) is 1. The Labute approximate surface area is 106 Å². The van der Waals surface area contributed by atoms with Crippen molar-refractivity contribution >= 4 is 14.3 Å². The zero-order chi connectivity index (χ0) is 13.3. The lowest BCUT2D eigenvalue weighted by Crippen LogP contribution is -2.45. The van der Waals surface area contributed by atoms with Crippen molar-refractivity contribution in [2.24, 2.45) is 5.92 Å². The molecule has 0 radical (unpaired) electrons. The smallest absolute Gasteiger partial charge is 0.306 e. The Kier molecular flexibility index (Phi) is 4.41. The minimum Gasteiger partial charge on any atom is -0.481 e. The van der Waals surface area contributed by atoms with E-state index >= 15 is 0 Å². The van der Waals surface area contributed by atoms with Crippen LogP contribution in [-0.4, -0.2) is 25.5 Å². The van der Waals surface area contributed by atoms with Crippen LogP contribution in [0.4, 0.5) is 0 Å². The standard InChI is InChI=1S/C13H26O3Si/c1-13(2,3)17(4,5)16-11-8-6-7-10(9-11)12(14)15/h10-11H,6-9H2,1-5H3,(H,14,15)/t10-,11+/m0/s1. The molecule has 0 heterocycles. The molecule has 3 nitrogen and oxygen atoms in total. The number of carboxylic acids is 1. The second kappa shape index (κ2) is 5.10. The minimum atomic E-state index is -1.75. The first-order chi connectivity index (χ1) is 7.63. The molecule has 100 valence electrons. The Morgan fingerprint density at radius 3 is 2.35 bits per heavy atom. The monoisotopic (exact) mass is 258 g/mol. The fourth-order valence-corrected chi connectivity index (χ4v) is 3.47.